The van der Waals surface area contributed by atoms with Crippen molar-refractivity contribution in [3.8, 4) is 0 Å². The van der Waals surface area contributed by atoms with E-state index in [1.165, 1.54) is 5.69 Å². The molecule has 1 heterocycles. The van der Waals surface area contributed by atoms with Gasteiger partial charge >= 0.3 is 0 Å². The molecule has 28 heavy (non-hydrogen) atoms. The van der Waals surface area contributed by atoms with Gasteiger partial charge in [0.1, 0.15) is 0 Å². The molecule has 1 unspecified atom stereocenters. The molecule has 1 aliphatic heterocycles. The van der Waals surface area contributed by atoms with Gasteiger partial charge in [0.25, 0.3) is 0 Å². The van der Waals surface area contributed by atoms with Crippen LogP contribution in [-0.4, -0.2) is 19.0 Å². The Balaban J connectivity index is 1.45. The molecule has 1 saturated heterocycles. The number of benzene rings is 3. The second kappa shape index (κ2) is 8.75. The Bertz CT molecular complexity index is 880. The van der Waals surface area contributed by atoms with Gasteiger partial charge in [0.2, 0.25) is 5.91 Å². The van der Waals surface area contributed by atoms with E-state index < -0.39 is 0 Å². The highest BCUT2D eigenvalue weighted by atomic mass is 16.2. The number of hydrogen-bond acceptors (Lipinski definition) is 2. The molecule has 3 aromatic carbocycles. The lowest BCUT2D eigenvalue weighted by molar-refractivity contribution is -0.119. The number of para-hydroxylation sites is 2. The average Bonchev–Trinajstić information content (AvgIpc) is 3.22. The summed E-state index contributed by atoms with van der Waals surface area (Å²) in [6.07, 6.45) is 1.65. The van der Waals surface area contributed by atoms with Gasteiger partial charge in [0, 0.05) is 30.9 Å². The quantitative estimate of drug-likeness (QED) is 0.600. The van der Waals surface area contributed by atoms with Crippen LogP contribution >= 0.6 is 0 Å². The first-order chi connectivity index (χ1) is 13.8. The second-order valence-electron chi connectivity index (χ2n) is 7.44. The Labute approximate surface area is 167 Å². The predicted octanol–water partition coefficient (Wildman–Crippen LogP) is 5.14. The van der Waals surface area contributed by atoms with Gasteiger partial charge in [-0.15, -0.1) is 0 Å². The monoisotopic (exact) mass is 370 g/mol. The first-order valence-corrected chi connectivity index (χ1v) is 9.99. The standard InChI is InChI=1S/C25H26N2O/c28-25(18-22-16-17-26(19-22)23-12-6-2-7-13-23)27(24-14-8-3-9-15-24)20-21-10-4-1-5-11-21/h1-15,22H,16-20H2. The van der Waals surface area contributed by atoms with Gasteiger partial charge in [-0.2, -0.15) is 0 Å². The summed E-state index contributed by atoms with van der Waals surface area (Å²) in [6, 6.07) is 30.7. The second-order valence-corrected chi connectivity index (χ2v) is 7.44. The van der Waals surface area contributed by atoms with Crippen LogP contribution in [0.5, 0.6) is 0 Å². The number of hydrogen-bond donors (Lipinski definition) is 0. The Kier molecular flexibility index (Phi) is 5.72. The lowest BCUT2D eigenvalue weighted by Gasteiger charge is -2.25. The maximum Gasteiger partial charge on any atom is 0.227 e. The summed E-state index contributed by atoms with van der Waals surface area (Å²) in [5.41, 5.74) is 3.37. The summed E-state index contributed by atoms with van der Waals surface area (Å²) < 4.78 is 0. The third-order valence-electron chi connectivity index (χ3n) is 5.42. The molecule has 0 spiro atoms. The minimum Gasteiger partial charge on any atom is -0.371 e. The fourth-order valence-electron chi connectivity index (χ4n) is 3.93. The van der Waals surface area contributed by atoms with Crippen LogP contribution in [0.2, 0.25) is 0 Å². The Morgan fingerprint density at radius 3 is 2.14 bits per heavy atom. The molecule has 4 rings (SSSR count). The highest BCUT2D eigenvalue weighted by Gasteiger charge is 2.27. The first kappa shape index (κ1) is 18.3. The van der Waals surface area contributed by atoms with Crippen LogP contribution in [0.4, 0.5) is 11.4 Å². The van der Waals surface area contributed by atoms with Crippen molar-refractivity contribution in [1.82, 2.24) is 0 Å². The van der Waals surface area contributed by atoms with Gasteiger partial charge in [-0.05, 0) is 42.2 Å². The highest BCUT2D eigenvalue weighted by molar-refractivity contribution is 5.93. The molecule has 3 nitrogen and oxygen atoms in total. The van der Waals surface area contributed by atoms with Crippen LogP contribution in [0.1, 0.15) is 18.4 Å². The Morgan fingerprint density at radius 1 is 0.857 bits per heavy atom. The van der Waals surface area contributed by atoms with Crippen LogP contribution in [-0.2, 0) is 11.3 Å². The molecule has 0 bridgehead atoms. The predicted molar refractivity (Wildman–Crippen MR) is 115 cm³/mol. The molecule has 0 N–H and O–H groups in total. The molecule has 1 aliphatic rings. The Morgan fingerprint density at radius 2 is 1.46 bits per heavy atom. The fourth-order valence-corrected chi connectivity index (χ4v) is 3.93. The number of rotatable bonds is 6. The maximum absolute atomic E-state index is 13.3. The van der Waals surface area contributed by atoms with E-state index >= 15 is 0 Å². The van der Waals surface area contributed by atoms with E-state index in [1.54, 1.807) is 0 Å². The minimum atomic E-state index is 0.204. The molecular weight excluding hydrogens is 344 g/mol. The summed E-state index contributed by atoms with van der Waals surface area (Å²) in [4.78, 5) is 17.6. The van der Waals surface area contributed by atoms with Crippen LogP contribution in [0, 0.1) is 5.92 Å². The molecule has 1 atom stereocenters. The van der Waals surface area contributed by atoms with E-state index in [4.69, 9.17) is 0 Å². The van der Waals surface area contributed by atoms with Gasteiger partial charge in [0.05, 0.1) is 6.54 Å². The van der Waals surface area contributed by atoms with Crippen molar-refractivity contribution in [3.63, 3.8) is 0 Å². The maximum atomic E-state index is 13.3. The third-order valence-corrected chi connectivity index (χ3v) is 5.42. The number of amides is 1. The zero-order chi connectivity index (χ0) is 19.2. The molecule has 0 aromatic heterocycles. The topological polar surface area (TPSA) is 23.6 Å². The summed E-state index contributed by atoms with van der Waals surface area (Å²) in [7, 11) is 0. The third kappa shape index (κ3) is 4.42. The lowest BCUT2D eigenvalue weighted by Crippen LogP contribution is -2.32. The fraction of sp³-hybridized carbons (Fsp3) is 0.240. The average molecular weight is 370 g/mol. The largest absolute Gasteiger partial charge is 0.371 e. The van der Waals surface area contributed by atoms with Crippen LogP contribution < -0.4 is 9.80 Å². The van der Waals surface area contributed by atoms with Crippen LogP contribution in [0.25, 0.3) is 0 Å². The molecule has 3 aromatic rings. The van der Waals surface area contributed by atoms with E-state index in [-0.39, 0.29) is 5.91 Å². The zero-order valence-electron chi connectivity index (χ0n) is 16.1. The van der Waals surface area contributed by atoms with Crippen LogP contribution in [0.3, 0.4) is 0 Å². The summed E-state index contributed by atoms with van der Waals surface area (Å²) in [5.74, 6) is 0.602. The van der Waals surface area contributed by atoms with E-state index in [2.05, 4.69) is 41.3 Å². The molecule has 142 valence electrons. The van der Waals surface area contributed by atoms with Crippen molar-refractivity contribution in [2.45, 2.75) is 19.4 Å². The van der Waals surface area contributed by atoms with E-state index in [0.717, 1.165) is 30.8 Å². The number of anilines is 2. The normalized spacial score (nSPS) is 16.1. The van der Waals surface area contributed by atoms with Gasteiger partial charge in [-0.3, -0.25) is 4.79 Å². The Hall–Kier alpha value is -3.07. The van der Waals surface area contributed by atoms with Gasteiger partial charge in [-0.1, -0.05) is 66.7 Å². The van der Waals surface area contributed by atoms with E-state index in [9.17, 15) is 4.79 Å². The molecule has 0 radical (unpaired) electrons. The van der Waals surface area contributed by atoms with Crippen molar-refractivity contribution in [3.05, 3.63) is 96.6 Å². The number of nitrogens with zero attached hydrogens (tertiary/aromatic N) is 2. The van der Waals surface area contributed by atoms with Crippen molar-refractivity contribution >= 4 is 17.3 Å². The minimum absolute atomic E-state index is 0.204. The van der Waals surface area contributed by atoms with Crippen molar-refractivity contribution in [1.29, 1.82) is 0 Å². The number of carbonyl (C=O) groups excluding carboxylic acids is 1. The highest BCUT2D eigenvalue weighted by Crippen LogP contribution is 2.27. The van der Waals surface area contributed by atoms with Gasteiger partial charge in [-0.25, -0.2) is 0 Å². The lowest BCUT2D eigenvalue weighted by atomic mass is 10.0. The molecule has 3 heteroatoms. The summed E-state index contributed by atoms with van der Waals surface area (Å²) >= 11 is 0. The molecule has 1 fully saturated rings. The first-order valence-electron chi connectivity index (χ1n) is 9.99. The summed E-state index contributed by atoms with van der Waals surface area (Å²) in [6.45, 7) is 2.58. The van der Waals surface area contributed by atoms with Crippen molar-refractivity contribution in [2.24, 2.45) is 5.92 Å². The van der Waals surface area contributed by atoms with Crippen LogP contribution in [0.15, 0.2) is 91.0 Å². The zero-order valence-corrected chi connectivity index (χ0v) is 16.1. The van der Waals surface area contributed by atoms with E-state index in [1.807, 2.05) is 59.5 Å². The molecule has 0 aliphatic carbocycles. The summed E-state index contributed by atoms with van der Waals surface area (Å²) in [5, 5.41) is 0. The molecular formula is C25H26N2O. The van der Waals surface area contributed by atoms with Gasteiger partial charge < -0.3 is 9.80 Å². The number of carbonyl (C=O) groups is 1. The molecule has 0 saturated carbocycles. The van der Waals surface area contributed by atoms with E-state index in [0.29, 0.717) is 18.9 Å². The smallest absolute Gasteiger partial charge is 0.227 e. The van der Waals surface area contributed by atoms with Crippen molar-refractivity contribution < 1.29 is 4.79 Å². The van der Waals surface area contributed by atoms with Gasteiger partial charge in [0.15, 0.2) is 0 Å². The van der Waals surface area contributed by atoms with Crippen molar-refractivity contribution in [2.75, 3.05) is 22.9 Å². The SMILES string of the molecule is O=C(CC1CCN(c2ccccc2)C1)N(Cc1ccccc1)c1ccccc1. The molecule has 1 amide bonds.